The summed E-state index contributed by atoms with van der Waals surface area (Å²) in [5, 5.41) is 194. The van der Waals surface area contributed by atoms with Crippen molar-refractivity contribution in [1.82, 2.24) is 0 Å². The van der Waals surface area contributed by atoms with E-state index in [2.05, 4.69) is 0 Å². The van der Waals surface area contributed by atoms with Crippen LogP contribution in [0.1, 0.15) is 89.0 Å². The van der Waals surface area contributed by atoms with Crippen molar-refractivity contribution in [2.45, 2.75) is 51.4 Å². The Morgan fingerprint density at radius 1 is 0.182 bits per heavy atom. The summed E-state index contributed by atoms with van der Waals surface area (Å²) in [6.45, 7) is 0. The Morgan fingerprint density at radius 3 is 0.307 bits per heavy atom. The fourth-order valence-electron chi connectivity index (χ4n) is 10.6. The molecule has 32 heteroatoms. The highest BCUT2D eigenvalue weighted by Gasteiger charge is 2.30. The van der Waals surface area contributed by atoms with Gasteiger partial charge < -0.3 is 40.9 Å². The molecule has 88 heavy (non-hydrogen) atoms. The fraction of sp³-hybridized carbons (Fsp3) is 0.143. The van der Waals surface area contributed by atoms with Gasteiger partial charge in [0.15, 0.2) is 0 Å². The van der Waals surface area contributed by atoms with E-state index in [0.717, 1.165) is 97.1 Å². The van der Waals surface area contributed by atoms with E-state index < -0.39 is 271 Å². The Balaban J connectivity index is 1.30. The minimum atomic E-state index is -0.928. The second-order valence-corrected chi connectivity index (χ2v) is 20.4. The minimum Gasteiger partial charge on any atom is -0.507 e. The van der Waals surface area contributed by atoms with Crippen LogP contribution in [0.15, 0.2) is 97.1 Å². The van der Waals surface area contributed by atoms with Gasteiger partial charge in [-0.15, -0.1) is 0 Å². The highest BCUT2D eigenvalue weighted by molar-refractivity contribution is 5.64. The second kappa shape index (κ2) is 23.2. The number of nitro groups is 8. The SMILES string of the molecule is O=[N+]([O-])c1cc2c(O)c(c1)Cc1cc([N+](=O)[O-])cc(c1O)Cc1cc([N+](=O)[O-])cc(c1O)Cc1cc([N+](=O)[O-])cc(c1O)Cc1cc([N+](=O)[O-])cc(c1O)Cc1cc([N+](=O)[O-])cc(c1O)Cc1cc([N+](=O)[O-])cc(c1O)Cc1cc([N+](=O)[O-])cc(c1O)C2. The Labute approximate surface area is 488 Å². The molecule has 1 aliphatic carbocycles. The summed E-state index contributed by atoms with van der Waals surface area (Å²) < 4.78 is 0. The first kappa shape index (κ1) is 60.0. The van der Waals surface area contributed by atoms with Gasteiger partial charge in [0.25, 0.3) is 45.5 Å². The lowest BCUT2D eigenvalue weighted by Gasteiger charge is -2.17. The summed E-state index contributed by atoms with van der Waals surface area (Å²) >= 11 is 0. The van der Waals surface area contributed by atoms with Gasteiger partial charge in [-0.05, 0) is 0 Å². The van der Waals surface area contributed by atoms with E-state index in [0.29, 0.717) is 0 Å². The van der Waals surface area contributed by atoms with Crippen LogP contribution in [-0.2, 0) is 51.4 Å². The monoisotopic (exact) mass is 1210 g/mol. The zero-order chi connectivity index (χ0) is 64.1. The molecule has 0 fully saturated rings. The molecule has 16 bridgehead atoms. The molecule has 32 nitrogen and oxygen atoms in total. The number of non-ortho nitro benzene ring substituents is 8. The van der Waals surface area contributed by atoms with Crippen LogP contribution in [-0.4, -0.2) is 80.2 Å². The van der Waals surface area contributed by atoms with Gasteiger partial charge >= 0.3 is 0 Å². The van der Waals surface area contributed by atoms with E-state index >= 15 is 0 Å². The number of phenolic OH excluding ortho intramolecular Hbond substituents is 8. The zero-order valence-electron chi connectivity index (χ0n) is 44.6. The lowest BCUT2D eigenvalue weighted by atomic mass is 9.90. The van der Waals surface area contributed by atoms with Crippen LogP contribution < -0.4 is 0 Å². The summed E-state index contributed by atoms with van der Waals surface area (Å²) in [5.41, 5.74) is -12.9. The van der Waals surface area contributed by atoms with Crippen molar-refractivity contribution in [1.29, 1.82) is 0 Å². The predicted molar refractivity (Wildman–Crippen MR) is 301 cm³/mol. The Kier molecular flexibility index (Phi) is 15.8. The summed E-state index contributed by atoms with van der Waals surface area (Å²) in [6, 6.07) is 13.0. The van der Waals surface area contributed by atoms with Crippen molar-refractivity contribution in [3.05, 3.63) is 267 Å². The maximum absolute atomic E-state index is 12.4. The number of aromatic hydroxyl groups is 8. The molecule has 0 atom stereocenters. The average molecular weight is 1210 g/mol. The number of nitro benzene ring substituents is 8. The summed E-state index contributed by atoms with van der Waals surface area (Å²) in [5.74, 6) is -6.52. The maximum Gasteiger partial charge on any atom is 0.270 e. The normalized spacial score (nSPS) is 12.4. The van der Waals surface area contributed by atoms with Crippen LogP contribution in [0.3, 0.4) is 0 Å². The molecule has 448 valence electrons. The molecule has 8 aromatic rings. The maximum atomic E-state index is 12.4. The van der Waals surface area contributed by atoms with Crippen molar-refractivity contribution in [3.63, 3.8) is 0 Å². The molecule has 0 heterocycles. The van der Waals surface area contributed by atoms with Crippen molar-refractivity contribution in [2.24, 2.45) is 0 Å². The number of fused-ring (bicyclic) bond motifs is 16. The smallest absolute Gasteiger partial charge is 0.270 e. The molecule has 0 aromatic heterocycles. The third-order valence-corrected chi connectivity index (χ3v) is 14.8. The molecule has 0 spiro atoms. The first-order chi connectivity index (χ1) is 41.5. The third-order valence-electron chi connectivity index (χ3n) is 14.8. The number of hydrogen-bond donors (Lipinski definition) is 8. The van der Waals surface area contributed by atoms with Crippen molar-refractivity contribution in [3.8, 4) is 46.0 Å². The molecule has 8 N–H and O–H groups in total. The Hall–Kier alpha value is -12.6. The topological polar surface area (TPSA) is 507 Å². The third kappa shape index (κ3) is 11.9. The van der Waals surface area contributed by atoms with Gasteiger partial charge in [0, 0.05) is 237 Å². The van der Waals surface area contributed by atoms with Crippen molar-refractivity contribution < 1.29 is 80.2 Å². The molecular weight excluding hydrogens is 1170 g/mol. The van der Waals surface area contributed by atoms with E-state index in [9.17, 15) is 122 Å². The van der Waals surface area contributed by atoms with Crippen LogP contribution >= 0.6 is 0 Å². The summed E-state index contributed by atoms with van der Waals surface area (Å²) in [4.78, 5) is 92.0. The highest BCUT2D eigenvalue weighted by Crippen LogP contribution is 2.45. The van der Waals surface area contributed by atoms with Crippen molar-refractivity contribution >= 4 is 45.5 Å². The van der Waals surface area contributed by atoms with E-state index in [4.69, 9.17) is 0 Å². The molecule has 0 aliphatic heterocycles. The lowest BCUT2D eigenvalue weighted by molar-refractivity contribution is -0.385. The molecule has 0 unspecified atom stereocenters. The lowest BCUT2D eigenvalue weighted by Crippen LogP contribution is -2.04. The second-order valence-electron chi connectivity index (χ2n) is 20.4. The van der Waals surface area contributed by atoms with Crippen LogP contribution in [0, 0.1) is 80.9 Å². The van der Waals surface area contributed by atoms with E-state index in [-0.39, 0.29) is 0 Å². The Bertz CT molecular complexity index is 3410. The van der Waals surface area contributed by atoms with Gasteiger partial charge in [0.1, 0.15) is 46.0 Å². The quantitative estimate of drug-likeness (QED) is 0.0518. The molecule has 8 aromatic carbocycles. The van der Waals surface area contributed by atoms with Gasteiger partial charge in [0.05, 0.1) is 39.4 Å². The molecule has 1 aliphatic rings. The van der Waals surface area contributed by atoms with Gasteiger partial charge in [-0.1, -0.05) is 0 Å². The molecule has 0 radical (unpaired) electrons. The number of hydrogen-bond acceptors (Lipinski definition) is 24. The minimum absolute atomic E-state index is 0.421. The van der Waals surface area contributed by atoms with E-state index in [1.165, 1.54) is 0 Å². The van der Waals surface area contributed by atoms with Crippen LogP contribution in [0.2, 0.25) is 0 Å². The van der Waals surface area contributed by atoms with Gasteiger partial charge in [-0.2, -0.15) is 0 Å². The van der Waals surface area contributed by atoms with Gasteiger partial charge in [-0.3, -0.25) is 80.9 Å². The standard InChI is InChI=1S/C56H40N8O24/c65-49-25-1-26-10-42(58(75)76)12-28(50(26)66)3-30-14-44(60(79)80)16-32(52(30)68)5-34-18-46(62(83)84)20-36(54(34)70)7-38-22-48(64(87)88)24-40(56(38)72)8-39-23-47(63(85)86)21-37(55(39)71)6-35-19-45(61(81)82)17-33(53(35)69)4-31-15-43(59(77)78)13-29(51(31)67)2-27(49)11-41(9-25)57(73)74/h9-24,65-72H,1-8H2. The number of benzene rings is 8. The molecule has 9 rings (SSSR count). The number of rotatable bonds is 8. The van der Waals surface area contributed by atoms with Crippen LogP contribution in [0.4, 0.5) is 45.5 Å². The fourth-order valence-corrected chi connectivity index (χ4v) is 10.6. The zero-order valence-corrected chi connectivity index (χ0v) is 44.6. The largest absolute Gasteiger partial charge is 0.507 e. The average Bonchev–Trinajstić information content (AvgIpc) is 3.48. The van der Waals surface area contributed by atoms with Gasteiger partial charge in [-0.25, -0.2) is 0 Å². The van der Waals surface area contributed by atoms with E-state index in [1.807, 2.05) is 0 Å². The Morgan fingerprint density at radius 2 is 0.250 bits per heavy atom. The molecular formula is C56H40N8O24. The van der Waals surface area contributed by atoms with Crippen molar-refractivity contribution in [2.75, 3.05) is 0 Å². The number of phenols is 8. The molecule has 0 saturated heterocycles. The first-order valence-corrected chi connectivity index (χ1v) is 25.4. The highest BCUT2D eigenvalue weighted by atomic mass is 16.7. The molecule has 0 amide bonds. The van der Waals surface area contributed by atoms with Gasteiger partial charge in [0.2, 0.25) is 0 Å². The first-order valence-electron chi connectivity index (χ1n) is 25.4. The summed E-state index contributed by atoms with van der Waals surface area (Å²) in [6.07, 6.45) is -6.28. The predicted octanol–water partition coefficient (Wildman–Crippen LogP) is 9.64. The molecule has 0 saturated carbocycles. The summed E-state index contributed by atoms with van der Waals surface area (Å²) in [7, 11) is 0. The van der Waals surface area contributed by atoms with E-state index in [1.54, 1.807) is 0 Å². The van der Waals surface area contributed by atoms with Crippen LogP contribution in [0.5, 0.6) is 46.0 Å². The van der Waals surface area contributed by atoms with Crippen LogP contribution in [0.25, 0.3) is 0 Å². The number of nitrogens with zero attached hydrogens (tertiary/aromatic N) is 8.